The van der Waals surface area contributed by atoms with E-state index in [9.17, 15) is 9.59 Å². The van der Waals surface area contributed by atoms with Gasteiger partial charge in [-0.15, -0.1) is 0 Å². The van der Waals surface area contributed by atoms with Crippen molar-refractivity contribution in [2.75, 3.05) is 17.6 Å². The van der Waals surface area contributed by atoms with Crippen molar-refractivity contribution in [1.29, 1.82) is 0 Å². The van der Waals surface area contributed by atoms with Gasteiger partial charge in [-0.1, -0.05) is 25.1 Å². The van der Waals surface area contributed by atoms with Gasteiger partial charge in [0.2, 0.25) is 17.8 Å². The van der Waals surface area contributed by atoms with Crippen LogP contribution in [0.15, 0.2) is 47.1 Å². The molecule has 166 valence electrons. The number of likely N-dealkylation sites (tertiary alicyclic amines) is 1. The Labute approximate surface area is 184 Å². The highest BCUT2D eigenvalue weighted by Crippen LogP contribution is 2.23. The Hall–Kier alpha value is -3.95. The number of furan rings is 1. The average molecular weight is 436 g/mol. The van der Waals surface area contributed by atoms with E-state index in [4.69, 9.17) is 14.9 Å². The van der Waals surface area contributed by atoms with Gasteiger partial charge in [0.05, 0.1) is 18.7 Å². The van der Waals surface area contributed by atoms with E-state index in [1.807, 2.05) is 24.3 Å². The smallest absolute Gasteiger partial charge is 0.311 e. The van der Waals surface area contributed by atoms with Crippen molar-refractivity contribution >= 4 is 29.5 Å². The molecule has 1 aliphatic heterocycles. The molecule has 1 amide bonds. The van der Waals surface area contributed by atoms with Gasteiger partial charge in [-0.25, -0.2) is 0 Å². The summed E-state index contributed by atoms with van der Waals surface area (Å²) in [4.78, 5) is 38.8. The van der Waals surface area contributed by atoms with Crippen molar-refractivity contribution < 1.29 is 18.7 Å². The minimum absolute atomic E-state index is 0.0168. The summed E-state index contributed by atoms with van der Waals surface area (Å²) in [6.07, 6.45) is 2.48. The molecular formula is C22H24N6O4. The highest BCUT2D eigenvalue weighted by atomic mass is 16.5. The maximum atomic E-state index is 12.5. The Bertz CT molecular complexity index is 1100. The Kier molecular flexibility index (Phi) is 6.29. The third-order valence-corrected chi connectivity index (χ3v) is 5.16. The van der Waals surface area contributed by atoms with E-state index in [-0.39, 0.29) is 43.2 Å². The molecule has 0 bridgehead atoms. The van der Waals surface area contributed by atoms with Gasteiger partial charge >= 0.3 is 5.97 Å². The SMILES string of the molecule is CCc1ccccc1Nc1nc(N)nc(COC(=O)C2CC(=O)N(Cc3ccco3)C2)n1. The van der Waals surface area contributed by atoms with Gasteiger partial charge in [-0.2, -0.15) is 15.0 Å². The molecule has 10 heteroatoms. The molecule has 3 heterocycles. The summed E-state index contributed by atoms with van der Waals surface area (Å²) >= 11 is 0. The van der Waals surface area contributed by atoms with Gasteiger partial charge in [0.15, 0.2) is 12.4 Å². The molecule has 3 aromatic rings. The van der Waals surface area contributed by atoms with Crippen LogP contribution < -0.4 is 11.1 Å². The molecule has 4 rings (SSSR count). The van der Waals surface area contributed by atoms with Crippen LogP contribution in [0.3, 0.4) is 0 Å². The second-order valence-electron chi connectivity index (χ2n) is 7.43. The average Bonchev–Trinajstić information content (AvgIpc) is 3.42. The quantitative estimate of drug-likeness (QED) is 0.510. The molecule has 10 nitrogen and oxygen atoms in total. The number of para-hydroxylation sites is 1. The van der Waals surface area contributed by atoms with Crippen LogP contribution in [0.1, 0.15) is 30.5 Å². The number of nitrogens with one attached hydrogen (secondary N) is 1. The van der Waals surface area contributed by atoms with Crippen molar-refractivity contribution in [3.05, 3.63) is 59.8 Å². The van der Waals surface area contributed by atoms with Crippen LogP contribution in [-0.2, 0) is 33.9 Å². The third-order valence-electron chi connectivity index (χ3n) is 5.16. The normalized spacial score (nSPS) is 15.7. The van der Waals surface area contributed by atoms with Gasteiger partial charge in [-0.05, 0) is 30.2 Å². The molecule has 32 heavy (non-hydrogen) atoms. The van der Waals surface area contributed by atoms with Gasteiger partial charge < -0.3 is 25.1 Å². The van der Waals surface area contributed by atoms with Crippen LogP contribution in [0.4, 0.5) is 17.6 Å². The van der Waals surface area contributed by atoms with E-state index in [1.165, 1.54) is 0 Å². The Morgan fingerprint density at radius 1 is 1.25 bits per heavy atom. The summed E-state index contributed by atoms with van der Waals surface area (Å²) < 4.78 is 10.6. The van der Waals surface area contributed by atoms with Crippen LogP contribution in [0.5, 0.6) is 0 Å². The predicted octanol–water partition coefficient (Wildman–Crippen LogP) is 2.44. The first-order chi connectivity index (χ1) is 15.5. The van der Waals surface area contributed by atoms with Crippen molar-refractivity contribution in [3.8, 4) is 0 Å². The molecule has 1 aromatic carbocycles. The fourth-order valence-corrected chi connectivity index (χ4v) is 3.56. The number of aryl methyl sites for hydroxylation is 1. The number of hydrogen-bond donors (Lipinski definition) is 2. The number of nitrogen functional groups attached to an aromatic ring is 1. The molecule has 1 atom stereocenters. The Morgan fingerprint density at radius 3 is 2.88 bits per heavy atom. The second-order valence-corrected chi connectivity index (χ2v) is 7.43. The molecule has 1 aliphatic rings. The van der Waals surface area contributed by atoms with Crippen LogP contribution in [-0.4, -0.2) is 38.3 Å². The summed E-state index contributed by atoms with van der Waals surface area (Å²) in [7, 11) is 0. The highest BCUT2D eigenvalue weighted by molar-refractivity contribution is 5.86. The number of ether oxygens (including phenoxy) is 1. The molecule has 3 N–H and O–H groups in total. The monoisotopic (exact) mass is 436 g/mol. The number of nitrogens with two attached hydrogens (primary N) is 1. The lowest BCUT2D eigenvalue weighted by Crippen LogP contribution is -2.26. The minimum atomic E-state index is -0.550. The van der Waals surface area contributed by atoms with Crippen molar-refractivity contribution in [3.63, 3.8) is 0 Å². The lowest BCUT2D eigenvalue weighted by atomic mass is 10.1. The zero-order valence-electron chi connectivity index (χ0n) is 17.7. The lowest BCUT2D eigenvalue weighted by Gasteiger charge is -2.14. The number of amides is 1. The fraction of sp³-hybridized carbons (Fsp3) is 0.318. The molecule has 2 aromatic heterocycles. The van der Waals surface area contributed by atoms with Crippen molar-refractivity contribution in [1.82, 2.24) is 19.9 Å². The topological polar surface area (TPSA) is 136 Å². The standard InChI is InChI=1S/C22H24N6O4/c1-2-14-6-3-4-8-17(14)24-22-26-18(25-21(23)27-22)13-32-20(30)15-10-19(29)28(11-15)12-16-7-5-9-31-16/h3-9,15H,2,10-13H2,1H3,(H3,23,24,25,26,27). The van der Waals surface area contributed by atoms with Gasteiger partial charge in [0.25, 0.3) is 0 Å². The zero-order valence-corrected chi connectivity index (χ0v) is 17.7. The largest absolute Gasteiger partial charge is 0.467 e. The zero-order chi connectivity index (χ0) is 22.5. The molecular weight excluding hydrogens is 412 g/mol. The molecule has 1 fully saturated rings. The van der Waals surface area contributed by atoms with E-state index >= 15 is 0 Å². The summed E-state index contributed by atoms with van der Waals surface area (Å²) in [6.45, 7) is 2.49. The van der Waals surface area contributed by atoms with Crippen LogP contribution in [0.25, 0.3) is 0 Å². The molecule has 0 spiro atoms. The molecule has 0 saturated carbocycles. The Morgan fingerprint density at radius 2 is 2.09 bits per heavy atom. The van der Waals surface area contributed by atoms with E-state index in [0.717, 1.165) is 17.7 Å². The van der Waals surface area contributed by atoms with E-state index < -0.39 is 11.9 Å². The maximum Gasteiger partial charge on any atom is 0.311 e. The summed E-state index contributed by atoms with van der Waals surface area (Å²) in [6, 6.07) is 11.3. The number of carbonyl (C=O) groups excluding carboxylic acids is 2. The first-order valence-electron chi connectivity index (χ1n) is 10.3. The summed E-state index contributed by atoms with van der Waals surface area (Å²) in [5.41, 5.74) is 7.78. The van der Waals surface area contributed by atoms with Gasteiger partial charge in [-0.3, -0.25) is 9.59 Å². The predicted molar refractivity (Wildman–Crippen MR) is 115 cm³/mol. The van der Waals surface area contributed by atoms with Crippen LogP contribution >= 0.6 is 0 Å². The summed E-state index contributed by atoms with van der Waals surface area (Å²) in [5, 5.41) is 3.14. The number of benzene rings is 1. The minimum Gasteiger partial charge on any atom is -0.467 e. The Balaban J connectivity index is 1.36. The number of hydrogen-bond acceptors (Lipinski definition) is 9. The first kappa shape index (κ1) is 21.3. The second kappa shape index (κ2) is 9.46. The van der Waals surface area contributed by atoms with E-state index in [1.54, 1.807) is 23.3 Å². The molecule has 1 saturated heterocycles. The van der Waals surface area contributed by atoms with Gasteiger partial charge in [0, 0.05) is 18.7 Å². The maximum absolute atomic E-state index is 12.5. The number of rotatable bonds is 8. The van der Waals surface area contributed by atoms with Gasteiger partial charge in [0.1, 0.15) is 5.76 Å². The van der Waals surface area contributed by atoms with Crippen LogP contribution in [0.2, 0.25) is 0 Å². The molecule has 1 unspecified atom stereocenters. The van der Waals surface area contributed by atoms with Crippen molar-refractivity contribution in [2.24, 2.45) is 5.92 Å². The third kappa shape index (κ3) is 5.02. The number of carbonyl (C=O) groups is 2. The van der Waals surface area contributed by atoms with E-state index in [2.05, 4.69) is 27.2 Å². The van der Waals surface area contributed by atoms with Crippen LogP contribution in [0, 0.1) is 5.92 Å². The number of esters is 1. The molecule has 0 radical (unpaired) electrons. The molecule has 0 aliphatic carbocycles. The fourth-order valence-electron chi connectivity index (χ4n) is 3.56. The number of anilines is 3. The van der Waals surface area contributed by atoms with E-state index in [0.29, 0.717) is 12.3 Å². The lowest BCUT2D eigenvalue weighted by molar-refractivity contribution is -0.150. The first-order valence-corrected chi connectivity index (χ1v) is 10.3. The summed E-state index contributed by atoms with van der Waals surface area (Å²) in [5.74, 6) is 0.0229. The number of nitrogens with zero attached hydrogens (tertiary/aromatic N) is 4. The number of aromatic nitrogens is 3. The highest BCUT2D eigenvalue weighted by Gasteiger charge is 2.35. The van der Waals surface area contributed by atoms with Crippen molar-refractivity contribution in [2.45, 2.75) is 32.9 Å².